The number of para-hydroxylation sites is 1. The maximum Gasteiger partial charge on any atom is 0.325 e. The first-order valence-corrected chi connectivity index (χ1v) is 10.0. The summed E-state index contributed by atoms with van der Waals surface area (Å²) in [6, 6.07) is 7.62. The second-order valence-electron chi connectivity index (χ2n) is 6.81. The molecule has 0 bridgehead atoms. The molecule has 1 saturated heterocycles. The van der Waals surface area contributed by atoms with Crippen molar-refractivity contribution in [2.24, 2.45) is 5.92 Å². The minimum Gasteiger partial charge on any atom is -0.382 e. The van der Waals surface area contributed by atoms with Gasteiger partial charge in [-0.25, -0.2) is 4.79 Å². The van der Waals surface area contributed by atoms with Crippen LogP contribution in [0.2, 0.25) is 0 Å². The van der Waals surface area contributed by atoms with E-state index in [0.717, 1.165) is 17.7 Å². The maximum absolute atomic E-state index is 12.7. The van der Waals surface area contributed by atoms with Crippen molar-refractivity contribution in [2.75, 3.05) is 12.3 Å². The molecular weight excluding hydrogens is 344 g/mol. The largest absolute Gasteiger partial charge is 0.382 e. The summed E-state index contributed by atoms with van der Waals surface area (Å²) in [5, 5.41) is 2.78. The normalized spacial score (nSPS) is 26.8. The van der Waals surface area contributed by atoms with Gasteiger partial charge in [-0.2, -0.15) is 8.42 Å². The Balaban J connectivity index is 1.63. The standard InChI is InChI=1S/C17H22N2O5S/c1-13-7-9-17(10-8-13)15(20)19(16(21)18-17)11-12-25(22,23)24-14-5-3-2-4-6-14/h2-6,13H,7-12H2,1H3,(H,18,21). The molecule has 0 unspecified atom stereocenters. The second kappa shape index (κ2) is 6.67. The number of hydrogen-bond acceptors (Lipinski definition) is 5. The van der Waals surface area contributed by atoms with E-state index in [4.69, 9.17) is 4.18 Å². The summed E-state index contributed by atoms with van der Waals surface area (Å²) in [4.78, 5) is 25.9. The lowest BCUT2D eigenvalue weighted by Gasteiger charge is -2.33. The molecule has 0 atom stereocenters. The predicted octanol–water partition coefficient (Wildman–Crippen LogP) is 1.90. The Morgan fingerprint density at radius 2 is 1.84 bits per heavy atom. The molecular formula is C17H22N2O5S. The molecule has 2 aliphatic rings. The molecule has 1 aromatic carbocycles. The SMILES string of the molecule is CC1CCC2(CC1)NC(=O)N(CCS(=O)(=O)Oc1ccccc1)C2=O. The molecule has 3 amide bonds. The molecule has 2 fully saturated rings. The fraction of sp³-hybridized carbons (Fsp3) is 0.529. The Morgan fingerprint density at radius 3 is 2.48 bits per heavy atom. The van der Waals surface area contributed by atoms with E-state index in [-0.39, 0.29) is 18.2 Å². The fourth-order valence-corrected chi connectivity index (χ4v) is 4.23. The number of carbonyl (C=O) groups excluding carboxylic acids is 2. The van der Waals surface area contributed by atoms with E-state index in [1.807, 2.05) is 0 Å². The summed E-state index contributed by atoms with van der Waals surface area (Å²) in [5.41, 5.74) is -0.854. The Bertz CT molecular complexity index is 755. The molecule has 0 aromatic heterocycles. The van der Waals surface area contributed by atoms with Crippen molar-refractivity contribution in [1.82, 2.24) is 10.2 Å². The van der Waals surface area contributed by atoms with Gasteiger partial charge in [0.15, 0.2) is 0 Å². The average Bonchev–Trinajstić information content (AvgIpc) is 2.80. The molecule has 1 spiro atoms. The van der Waals surface area contributed by atoms with E-state index in [2.05, 4.69) is 12.2 Å². The molecule has 1 aliphatic carbocycles. The highest BCUT2D eigenvalue weighted by Gasteiger charge is 2.52. The Labute approximate surface area is 147 Å². The Hall–Kier alpha value is -2.09. The minimum absolute atomic E-state index is 0.206. The van der Waals surface area contributed by atoms with E-state index >= 15 is 0 Å². The number of amides is 3. The van der Waals surface area contributed by atoms with Gasteiger partial charge < -0.3 is 9.50 Å². The lowest BCUT2D eigenvalue weighted by Crippen LogP contribution is -2.49. The van der Waals surface area contributed by atoms with E-state index < -0.39 is 27.4 Å². The molecule has 1 aromatic rings. The number of benzene rings is 1. The number of nitrogens with one attached hydrogen (secondary N) is 1. The predicted molar refractivity (Wildman–Crippen MR) is 91.5 cm³/mol. The highest BCUT2D eigenvalue weighted by molar-refractivity contribution is 7.87. The molecule has 1 saturated carbocycles. The summed E-state index contributed by atoms with van der Waals surface area (Å²) < 4.78 is 29.2. The molecule has 0 radical (unpaired) electrons. The zero-order valence-corrected chi connectivity index (χ0v) is 14.9. The zero-order chi connectivity index (χ0) is 18.1. The third-order valence-electron chi connectivity index (χ3n) is 4.91. The molecule has 1 N–H and O–H groups in total. The van der Waals surface area contributed by atoms with Crippen LogP contribution in [-0.4, -0.2) is 43.1 Å². The topological polar surface area (TPSA) is 92.8 Å². The van der Waals surface area contributed by atoms with Gasteiger partial charge in [0.25, 0.3) is 5.91 Å². The zero-order valence-electron chi connectivity index (χ0n) is 14.1. The minimum atomic E-state index is -3.89. The summed E-state index contributed by atoms with van der Waals surface area (Å²) in [6.07, 6.45) is 2.94. The van der Waals surface area contributed by atoms with Crippen LogP contribution in [0.15, 0.2) is 30.3 Å². The van der Waals surface area contributed by atoms with Gasteiger partial charge >= 0.3 is 16.1 Å². The second-order valence-corrected chi connectivity index (χ2v) is 8.50. The van der Waals surface area contributed by atoms with Crippen molar-refractivity contribution in [1.29, 1.82) is 0 Å². The summed E-state index contributed by atoms with van der Waals surface area (Å²) in [6.45, 7) is 1.91. The van der Waals surface area contributed by atoms with Gasteiger partial charge in [-0.15, -0.1) is 0 Å². The first-order chi connectivity index (χ1) is 11.8. The van der Waals surface area contributed by atoms with Crippen LogP contribution in [0, 0.1) is 5.92 Å². The highest BCUT2D eigenvalue weighted by Crippen LogP contribution is 2.36. The van der Waals surface area contributed by atoms with Gasteiger partial charge in [0.1, 0.15) is 17.0 Å². The van der Waals surface area contributed by atoms with Crippen LogP contribution in [0.1, 0.15) is 32.6 Å². The van der Waals surface area contributed by atoms with Crippen LogP contribution in [0.4, 0.5) is 4.79 Å². The van der Waals surface area contributed by atoms with Crippen LogP contribution in [-0.2, 0) is 14.9 Å². The third kappa shape index (κ3) is 3.78. The molecule has 7 nitrogen and oxygen atoms in total. The van der Waals surface area contributed by atoms with Crippen molar-refractivity contribution in [3.63, 3.8) is 0 Å². The number of hydrogen-bond donors (Lipinski definition) is 1. The summed E-state index contributed by atoms with van der Waals surface area (Å²) in [5.74, 6) is -0.0196. The summed E-state index contributed by atoms with van der Waals surface area (Å²) >= 11 is 0. The molecule has 1 heterocycles. The quantitative estimate of drug-likeness (QED) is 0.635. The van der Waals surface area contributed by atoms with Crippen molar-refractivity contribution in [3.8, 4) is 5.75 Å². The number of carbonyl (C=O) groups is 2. The van der Waals surface area contributed by atoms with Gasteiger partial charge in [-0.05, 0) is 43.7 Å². The molecule has 3 rings (SSSR count). The number of rotatable bonds is 5. The third-order valence-corrected chi connectivity index (χ3v) is 6.03. The van der Waals surface area contributed by atoms with Gasteiger partial charge in [0, 0.05) is 6.54 Å². The maximum atomic E-state index is 12.7. The lowest BCUT2D eigenvalue weighted by atomic mass is 9.77. The lowest BCUT2D eigenvalue weighted by molar-refractivity contribution is -0.132. The highest BCUT2D eigenvalue weighted by atomic mass is 32.2. The molecule has 1 aliphatic heterocycles. The van der Waals surface area contributed by atoms with Crippen molar-refractivity contribution in [2.45, 2.75) is 38.1 Å². The van der Waals surface area contributed by atoms with Crippen LogP contribution in [0.25, 0.3) is 0 Å². The van der Waals surface area contributed by atoms with Crippen molar-refractivity contribution in [3.05, 3.63) is 30.3 Å². The van der Waals surface area contributed by atoms with E-state index in [1.54, 1.807) is 18.2 Å². The molecule has 8 heteroatoms. The van der Waals surface area contributed by atoms with Crippen LogP contribution in [0.3, 0.4) is 0 Å². The van der Waals surface area contributed by atoms with Crippen LogP contribution in [0.5, 0.6) is 5.75 Å². The van der Waals surface area contributed by atoms with Crippen molar-refractivity contribution < 1.29 is 22.2 Å². The van der Waals surface area contributed by atoms with Crippen LogP contribution >= 0.6 is 0 Å². The van der Waals surface area contributed by atoms with Gasteiger partial charge in [-0.3, -0.25) is 9.69 Å². The van der Waals surface area contributed by atoms with E-state index in [9.17, 15) is 18.0 Å². The van der Waals surface area contributed by atoms with E-state index in [1.165, 1.54) is 12.1 Å². The molecule has 25 heavy (non-hydrogen) atoms. The van der Waals surface area contributed by atoms with E-state index in [0.29, 0.717) is 18.8 Å². The number of urea groups is 1. The first kappa shape index (κ1) is 17.7. The first-order valence-electron chi connectivity index (χ1n) is 8.43. The molecule has 136 valence electrons. The summed E-state index contributed by atoms with van der Waals surface area (Å²) in [7, 11) is -3.89. The Morgan fingerprint density at radius 1 is 1.20 bits per heavy atom. The van der Waals surface area contributed by atoms with Crippen molar-refractivity contribution >= 4 is 22.1 Å². The smallest absolute Gasteiger partial charge is 0.325 e. The Kier molecular flexibility index (Phi) is 4.73. The monoisotopic (exact) mass is 366 g/mol. The van der Waals surface area contributed by atoms with Gasteiger partial charge in [-0.1, -0.05) is 25.1 Å². The number of imide groups is 1. The van der Waals surface area contributed by atoms with Crippen LogP contribution < -0.4 is 9.50 Å². The number of nitrogens with zero attached hydrogens (tertiary/aromatic N) is 1. The van der Waals surface area contributed by atoms with Gasteiger partial charge in [0.2, 0.25) is 0 Å². The average molecular weight is 366 g/mol. The fourth-order valence-electron chi connectivity index (χ4n) is 3.34. The van der Waals surface area contributed by atoms with Gasteiger partial charge in [0.05, 0.1) is 0 Å².